The van der Waals surface area contributed by atoms with E-state index in [0.717, 1.165) is 6.42 Å². The van der Waals surface area contributed by atoms with Crippen molar-refractivity contribution < 1.29 is 0 Å². The molecule has 0 saturated heterocycles. The molecule has 90 valence electrons. The van der Waals surface area contributed by atoms with Crippen LogP contribution >= 0.6 is 11.8 Å². The third-order valence-electron chi connectivity index (χ3n) is 3.09. The van der Waals surface area contributed by atoms with E-state index < -0.39 is 0 Å². The predicted molar refractivity (Wildman–Crippen MR) is 69.9 cm³/mol. The molecule has 0 aromatic carbocycles. The van der Waals surface area contributed by atoms with Crippen LogP contribution in [0.1, 0.15) is 31.4 Å². The Morgan fingerprint density at radius 3 is 3.06 bits per heavy atom. The number of rotatable bonds is 3. The van der Waals surface area contributed by atoms with E-state index in [4.69, 9.17) is 5.26 Å². The van der Waals surface area contributed by atoms with E-state index in [2.05, 4.69) is 21.5 Å². The lowest BCUT2D eigenvalue weighted by atomic mass is 9.95. The zero-order valence-electron chi connectivity index (χ0n) is 9.89. The van der Waals surface area contributed by atoms with Crippen LogP contribution in [0.4, 0.5) is 5.95 Å². The van der Waals surface area contributed by atoms with Gasteiger partial charge in [-0.05, 0) is 25.2 Å². The third-order valence-corrected chi connectivity index (χ3v) is 4.26. The Labute approximate surface area is 106 Å². The molecule has 17 heavy (non-hydrogen) atoms. The van der Waals surface area contributed by atoms with Crippen LogP contribution in [0.5, 0.6) is 0 Å². The zero-order chi connectivity index (χ0) is 12.1. The van der Waals surface area contributed by atoms with Crippen molar-refractivity contribution in [3.8, 4) is 6.07 Å². The number of thioether (sulfide) groups is 1. The summed E-state index contributed by atoms with van der Waals surface area (Å²) in [7, 11) is 0. The molecule has 2 atom stereocenters. The van der Waals surface area contributed by atoms with Crippen LogP contribution in [0.2, 0.25) is 0 Å². The van der Waals surface area contributed by atoms with Crippen LogP contribution in [-0.2, 0) is 0 Å². The zero-order valence-corrected chi connectivity index (χ0v) is 10.7. The highest BCUT2D eigenvalue weighted by Gasteiger charge is 2.24. The Bertz CT molecular complexity index is 415. The first-order valence-electron chi connectivity index (χ1n) is 5.86. The van der Waals surface area contributed by atoms with E-state index in [1.54, 1.807) is 12.3 Å². The lowest BCUT2D eigenvalue weighted by Crippen LogP contribution is -2.34. The van der Waals surface area contributed by atoms with Crippen molar-refractivity contribution in [1.82, 2.24) is 9.97 Å². The topological polar surface area (TPSA) is 61.6 Å². The van der Waals surface area contributed by atoms with E-state index >= 15 is 0 Å². The summed E-state index contributed by atoms with van der Waals surface area (Å²) < 4.78 is 0. The molecule has 1 fully saturated rings. The Kier molecular flexibility index (Phi) is 4.21. The van der Waals surface area contributed by atoms with Crippen LogP contribution < -0.4 is 5.32 Å². The summed E-state index contributed by atoms with van der Waals surface area (Å²) in [6.45, 7) is 0. The van der Waals surface area contributed by atoms with Crippen LogP contribution in [-0.4, -0.2) is 27.5 Å². The number of hydrogen-bond acceptors (Lipinski definition) is 5. The highest BCUT2D eigenvalue weighted by molar-refractivity contribution is 7.99. The first-order valence-corrected chi connectivity index (χ1v) is 7.14. The summed E-state index contributed by atoms with van der Waals surface area (Å²) in [4.78, 5) is 8.33. The SMILES string of the molecule is CSC1CCCCC1Nc1nccc(C#N)n1. The molecule has 0 spiro atoms. The molecule has 1 aromatic heterocycles. The van der Waals surface area contributed by atoms with Gasteiger partial charge in [0.25, 0.3) is 0 Å². The molecule has 5 heteroatoms. The second kappa shape index (κ2) is 5.87. The van der Waals surface area contributed by atoms with Crippen LogP contribution in [0.3, 0.4) is 0 Å². The van der Waals surface area contributed by atoms with Crippen molar-refractivity contribution in [2.24, 2.45) is 0 Å². The molecule has 1 aliphatic rings. The van der Waals surface area contributed by atoms with Gasteiger partial charge in [0, 0.05) is 17.5 Å². The number of aromatic nitrogens is 2. The average Bonchev–Trinajstić information content (AvgIpc) is 2.39. The number of hydrogen-bond donors (Lipinski definition) is 1. The Hall–Kier alpha value is -1.28. The number of nitrogens with one attached hydrogen (secondary N) is 1. The fourth-order valence-electron chi connectivity index (χ4n) is 2.20. The van der Waals surface area contributed by atoms with Gasteiger partial charge in [0.1, 0.15) is 11.8 Å². The molecule has 1 aromatic rings. The van der Waals surface area contributed by atoms with Gasteiger partial charge in [0.05, 0.1) is 0 Å². The average molecular weight is 248 g/mol. The van der Waals surface area contributed by atoms with Crippen molar-refractivity contribution in [2.45, 2.75) is 37.0 Å². The van der Waals surface area contributed by atoms with Crippen molar-refractivity contribution in [3.63, 3.8) is 0 Å². The normalized spacial score (nSPS) is 24.0. The fraction of sp³-hybridized carbons (Fsp3) is 0.583. The summed E-state index contributed by atoms with van der Waals surface area (Å²) in [5.74, 6) is 0.579. The molecule has 0 radical (unpaired) electrons. The molecule has 2 unspecified atom stereocenters. The number of anilines is 1. The third kappa shape index (κ3) is 3.10. The lowest BCUT2D eigenvalue weighted by molar-refractivity contribution is 0.473. The summed E-state index contributed by atoms with van der Waals surface area (Å²) >= 11 is 1.90. The minimum Gasteiger partial charge on any atom is -0.350 e. The minimum atomic E-state index is 0.416. The highest BCUT2D eigenvalue weighted by atomic mass is 32.2. The molecule has 0 amide bonds. The molecule has 0 bridgehead atoms. The molecular formula is C12H16N4S. The lowest BCUT2D eigenvalue weighted by Gasteiger charge is -2.30. The second-order valence-electron chi connectivity index (χ2n) is 4.19. The Balaban J connectivity index is 2.06. The quantitative estimate of drug-likeness (QED) is 0.890. The Morgan fingerprint density at radius 1 is 1.47 bits per heavy atom. The smallest absolute Gasteiger partial charge is 0.224 e. The van der Waals surface area contributed by atoms with E-state index in [0.29, 0.717) is 22.9 Å². The second-order valence-corrected chi connectivity index (χ2v) is 5.26. The van der Waals surface area contributed by atoms with Crippen molar-refractivity contribution in [3.05, 3.63) is 18.0 Å². The van der Waals surface area contributed by atoms with E-state index in [1.807, 2.05) is 17.8 Å². The maximum absolute atomic E-state index is 8.79. The van der Waals surface area contributed by atoms with E-state index in [-0.39, 0.29) is 0 Å². The summed E-state index contributed by atoms with van der Waals surface area (Å²) in [5, 5.41) is 12.8. The van der Waals surface area contributed by atoms with Gasteiger partial charge in [-0.15, -0.1) is 0 Å². The van der Waals surface area contributed by atoms with Gasteiger partial charge in [-0.1, -0.05) is 12.8 Å². The molecule has 0 aliphatic heterocycles. The molecule has 1 N–H and O–H groups in total. The maximum Gasteiger partial charge on any atom is 0.224 e. The van der Waals surface area contributed by atoms with Crippen LogP contribution in [0.25, 0.3) is 0 Å². The molecule has 1 aliphatic carbocycles. The minimum absolute atomic E-state index is 0.416. The van der Waals surface area contributed by atoms with Crippen molar-refractivity contribution in [2.75, 3.05) is 11.6 Å². The van der Waals surface area contributed by atoms with Gasteiger partial charge in [0.2, 0.25) is 5.95 Å². The first-order chi connectivity index (χ1) is 8.33. The van der Waals surface area contributed by atoms with Crippen molar-refractivity contribution in [1.29, 1.82) is 5.26 Å². The van der Waals surface area contributed by atoms with Crippen molar-refractivity contribution >= 4 is 17.7 Å². The molecule has 1 saturated carbocycles. The monoisotopic (exact) mass is 248 g/mol. The molecule has 4 nitrogen and oxygen atoms in total. The predicted octanol–water partition coefficient (Wildman–Crippen LogP) is 2.43. The number of nitriles is 1. The summed E-state index contributed by atoms with van der Waals surface area (Å²) in [5.41, 5.74) is 0.416. The van der Waals surface area contributed by atoms with Gasteiger partial charge >= 0.3 is 0 Å². The first kappa shape index (κ1) is 12.2. The van der Waals surface area contributed by atoms with Gasteiger partial charge in [-0.2, -0.15) is 17.0 Å². The van der Waals surface area contributed by atoms with Crippen LogP contribution in [0, 0.1) is 11.3 Å². The molecular weight excluding hydrogens is 232 g/mol. The molecule has 1 heterocycles. The number of nitrogens with zero attached hydrogens (tertiary/aromatic N) is 3. The fourth-order valence-corrected chi connectivity index (χ4v) is 3.14. The maximum atomic E-state index is 8.79. The van der Waals surface area contributed by atoms with Crippen LogP contribution in [0.15, 0.2) is 12.3 Å². The highest BCUT2D eigenvalue weighted by Crippen LogP contribution is 2.28. The summed E-state index contributed by atoms with van der Waals surface area (Å²) in [6, 6.07) is 4.08. The van der Waals surface area contributed by atoms with Gasteiger partial charge in [-0.25, -0.2) is 9.97 Å². The molecule has 2 rings (SSSR count). The van der Waals surface area contributed by atoms with Gasteiger partial charge in [-0.3, -0.25) is 0 Å². The van der Waals surface area contributed by atoms with E-state index in [1.165, 1.54) is 19.3 Å². The summed E-state index contributed by atoms with van der Waals surface area (Å²) in [6.07, 6.45) is 8.75. The van der Waals surface area contributed by atoms with E-state index in [9.17, 15) is 0 Å². The van der Waals surface area contributed by atoms with Gasteiger partial charge in [0.15, 0.2) is 0 Å². The van der Waals surface area contributed by atoms with Gasteiger partial charge < -0.3 is 5.32 Å². The Morgan fingerprint density at radius 2 is 2.29 bits per heavy atom. The largest absolute Gasteiger partial charge is 0.350 e. The standard InChI is InChI=1S/C12H16N4S/c1-17-11-5-3-2-4-10(11)16-12-14-7-6-9(8-13)15-12/h6-7,10-11H,2-5H2,1H3,(H,14,15,16).